The summed E-state index contributed by atoms with van der Waals surface area (Å²) in [5.41, 5.74) is 5.45. The normalized spacial score (nSPS) is 19.1. The van der Waals surface area contributed by atoms with Crippen LogP contribution in [0, 0.1) is 10.1 Å². The number of rotatable bonds is 9. The second-order valence-electron chi connectivity index (χ2n) is 6.42. The molecule has 1 heterocycles. The van der Waals surface area contributed by atoms with Crippen LogP contribution in [0.2, 0.25) is 0 Å². The number of ether oxygens (including phenoxy) is 2. The zero-order valence-corrected chi connectivity index (χ0v) is 16.4. The van der Waals surface area contributed by atoms with Crippen LogP contribution in [-0.2, 0) is 35.2 Å². The molecule has 1 fully saturated rings. The summed E-state index contributed by atoms with van der Waals surface area (Å²) in [4.78, 5) is 34.6. The molecule has 0 bridgehead atoms. The number of hydrogen-bond donors (Lipinski definition) is 1. The third-order valence-electron chi connectivity index (χ3n) is 3.99. The Labute approximate surface area is 166 Å². The second-order valence-corrected chi connectivity index (χ2v) is 8.02. The van der Waals surface area contributed by atoms with E-state index in [4.69, 9.17) is 19.4 Å². The highest BCUT2D eigenvalue weighted by Gasteiger charge is 2.38. The average Bonchev–Trinajstić information content (AvgIpc) is 3.00. The summed E-state index contributed by atoms with van der Waals surface area (Å²) in [7, 11) is -3.73. The molecule has 0 unspecified atom stereocenters. The average molecular weight is 431 g/mol. The van der Waals surface area contributed by atoms with Crippen LogP contribution in [0.3, 0.4) is 0 Å². The summed E-state index contributed by atoms with van der Waals surface area (Å²) in [5.74, 6) is -0.681. The standard InChI is InChI=1S/C16H21N3O9S/c1-29(24,25)28-14-6-13(9-26-10-15(17)20)18(7-14)16(21)27-8-11-2-4-12(5-3-11)19(22)23/h2-5,13-14H,6-10H2,1H3,(H2,17,20)/t13-,14+/m0/s1. The van der Waals surface area contributed by atoms with Gasteiger partial charge in [0.25, 0.3) is 15.8 Å². The van der Waals surface area contributed by atoms with Crippen LogP contribution in [0.1, 0.15) is 12.0 Å². The Kier molecular flexibility index (Phi) is 7.47. The van der Waals surface area contributed by atoms with Gasteiger partial charge in [0.1, 0.15) is 13.2 Å². The van der Waals surface area contributed by atoms with E-state index in [1.165, 1.54) is 29.2 Å². The van der Waals surface area contributed by atoms with Crippen molar-refractivity contribution < 1.29 is 36.6 Å². The van der Waals surface area contributed by atoms with Crippen LogP contribution >= 0.6 is 0 Å². The van der Waals surface area contributed by atoms with Crippen molar-refractivity contribution in [3.05, 3.63) is 39.9 Å². The van der Waals surface area contributed by atoms with Crippen molar-refractivity contribution in [2.45, 2.75) is 25.2 Å². The van der Waals surface area contributed by atoms with Gasteiger partial charge in [0.15, 0.2) is 0 Å². The lowest BCUT2D eigenvalue weighted by Gasteiger charge is -2.23. The van der Waals surface area contributed by atoms with Gasteiger partial charge in [-0.3, -0.25) is 19.1 Å². The highest BCUT2D eigenvalue weighted by molar-refractivity contribution is 7.86. The van der Waals surface area contributed by atoms with Crippen molar-refractivity contribution in [2.75, 3.05) is 26.0 Å². The number of benzene rings is 1. The van der Waals surface area contributed by atoms with E-state index in [9.17, 15) is 28.1 Å². The molecule has 2 atom stereocenters. The Morgan fingerprint density at radius 2 is 1.97 bits per heavy atom. The minimum absolute atomic E-state index is 0.0449. The molecule has 12 nitrogen and oxygen atoms in total. The third-order valence-corrected chi connectivity index (χ3v) is 4.61. The zero-order valence-electron chi connectivity index (χ0n) is 15.6. The van der Waals surface area contributed by atoms with E-state index >= 15 is 0 Å². The van der Waals surface area contributed by atoms with Gasteiger partial charge in [-0.05, 0) is 24.1 Å². The predicted molar refractivity (Wildman–Crippen MR) is 98.1 cm³/mol. The number of carbonyl (C=O) groups excluding carboxylic acids is 2. The van der Waals surface area contributed by atoms with Gasteiger partial charge >= 0.3 is 6.09 Å². The molecule has 0 saturated carbocycles. The largest absolute Gasteiger partial charge is 0.445 e. The van der Waals surface area contributed by atoms with Crippen LogP contribution in [0.15, 0.2) is 24.3 Å². The molecule has 2 N–H and O–H groups in total. The van der Waals surface area contributed by atoms with Crippen molar-refractivity contribution in [3.8, 4) is 0 Å². The highest BCUT2D eigenvalue weighted by atomic mass is 32.2. The molecular formula is C16H21N3O9S. The number of amides is 2. The highest BCUT2D eigenvalue weighted by Crippen LogP contribution is 2.23. The first-order chi connectivity index (χ1) is 13.5. The van der Waals surface area contributed by atoms with Crippen molar-refractivity contribution in [2.24, 2.45) is 5.73 Å². The lowest BCUT2D eigenvalue weighted by molar-refractivity contribution is -0.384. The van der Waals surface area contributed by atoms with Crippen LogP contribution in [0.5, 0.6) is 0 Å². The van der Waals surface area contributed by atoms with Gasteiger partial charge in [0.2, 0.25) is 5.91 Å². The smallest absolute Gasteiger partial charge is 0.410 e. The number of nitrogens with two attached hydrogens (primary N) is 1. The quantitative estimate of drug-likeness (QED) is 0.325. The number of hydrogen-bond acceptors (Lipinski definition) is 9. The number of carbonyl (C=O) groups is 2. The summed E-state index contributed by atoms with van der Waals surface area (Å²) in [6.07, 6.45) is -0.450. The molecule has 1 aliphatic rings. The first-order valence-electron chi connectivity index (χ1n) is 8.46. The summed E-state index contributed by atoms with van der Waals surface area (Å²) in [5, 5.41) is 10.7. The van der Waals surface area contributed by atoms with E-state index in [2.05, 4.69) is 0 Å². The third kappa shape index (κ3) is 7.29. The van der Waals surface area contributed by atoms with Gasteiger partial charge in [-0.2, -0.15) is 8.42 Å². The molecule has 0 spiro atoms. The van der Waals surface area contributed by atoms with Gasteiger partial charge in [-0.25, -0.2) is 4.79 Å². The summed E-state index contributed by atoms with van der Waals surface area (Å²) >= 11 is 0. The SMILES string of the molecule is CS(=O)(=O)O[C@@H]1C[C@@H](COCC(N)=O)N(C(=O)OCc2ccc([N+](=O)[O-])cc2)C1. The van der Waals surface area contributed by atoms with E-state index in [-0.39, 0.29) is 38.5 Å². The molecule has 2 amide bonds. The van der Waals surface area contributed by atoms with Gasteiger partial charge < -0.3 is 20.1 Å². The minimum atomic E-state index is -3.73. The van der Waals surface area contributed by atoms with Gasteiger partial charge in [0, 0.05) is 12.1 Å². The van der Waals surface area contributed by atoms with E-state index in [1.807, 2.05) is 0 Å². The molecule has 0 radical (unpaired) electrons. The fourth-order valence-corrected chi connectivity index (χ4v) is 3.44. The van der Waals surface area contributed by atoms with Crippen LogP contribution in [0.25, 0.3) is 0 Å². The van der Waals surface area contributed by atoms with E-state index < -0.39 is 39.2 Å². The Morgan fingerprint density at radius 1 is 1.31 bits per heavy atom. The maximum atomic E-state index is 12.5. The number of nitrogens with zero attached hydrogens (tertiary/aromatic N) is 2. The van der Waals surface area contributed by atoms with Gasteiger partial charge in [-0.1, -0.05) is 0 Å². The zero-order chi connectivity index (χ0) is 21.6. The summed E-state index contributed by atoms with van der Waals surface area (Å²) in [6, 6.07) is 4.91. The molecule has 29 heavy (non-hydrogen) atoms. The molecule has 0 aromatic heterocycles. The Bertz CT molecular complexity index is 857. The van der Waals surface area contributed by atoms with E-state index in [0.717, 1.165) is 6.26 Å². The fourth-order valence-electron chi connectivity index (χ4n) is 2.81. The number of primary amides is 1. The number of non-ortho nitro benzene ring substituents is 1. The lowest BCUT2D eigenvalue weighted by Crippen LogP contribution is -2.39. The van der Waals surface area contributed by atoms with Crippen LogP contribution in [-0.4, -0.2) is 68.4 Å². The molecule has 13 heteroatoms. The second kappa shape index (κ2) is 9.62. The van der Waals surface area contributed by atoms with Gasteiger partial charge in [0.05, 0.1) is 36.5 Å². The van der Waals surface area contributed by atoms with Crippen LogP contribution in [0.4, 0.5) is 10.5 Å². The first kappa shape index (κ1) is 22.5. The fraction of sp³-hybridized carbons (Fsp3) is 0.500. The Balaban J connectivity index is 1.98. The lowest BCUT2D eigenvalue weighted by atomic mass is 10.2. The monoisotopic (exact) mass is 431 g/mol. The summed E-state index contributed by atoms with van der Waals surface area (Å²) in [6.45, 7) is -0.588. The number of nitro benzene ring substituents is 1. The Hall–Kier alpha value is -2.77. The molecule has 1 saturated heterocycles. The molecule has 1 aromatic carbocycles. The van der Waals surface area contributed by atoms with Crippen LogP contribution < -0.4 is 5.73 Å². The predicted octanol–water partition coefficient (Wildman–Crippen LogP) is 0.152. The molecule has 160 valence electrons. The molecule has 1 aliphatic heterocycles. The summed E-state index contributed by atoms with van der Waals surface area (Å²) < 4.78 is 38.0. The maximum Gasteiger partial charge on any atom is 0.410 e. The molecular weight excluding hydrogens is 410 g/mol. The van der Waals surface area contributed by atoms with E-state index in [1.54, 1.807) is 0 Å². The maximum absolute atomic E-state index is 12.5. The Morgan fingerprint density at radius 3 is 2.52 bits per heavy atom. The van der Waals surface area contributed by atoms with Crippen molar-refractivity contribution in [3.63, 3.8) is 0 Å². The van der Waals surface area contributed by atoms with Crippen molar-refractivity contribution in [1.82, 2.24) is 4.90 Å². The molecule has 0 aliphatic carbocycles. The van der Waals surface area contributed by atoms with Crippen molar-refractivity contribution in [1.29, 1.82) is 0 Å². The molecule has 1 aromatic rings. The van der Waals surface area contributed by atoms with Gasteiger partial charge in [-0.15, -0.1) is 0 Å². The topological polar surface area (TPSA) is 168 Å². The first-order valence-corrected chi connectivity index (χ1v) is 10.3. The van der Waals surface area contributed by atoms with Crippen molar-refractivity contribution >= 4 is 27.8 Å². The number of nitro groups is 1. The molecule has 2 rings (SSSR count). The van der Waals surface area contributed by atoms with E-state index in [0.29, 0.717) is 5.56 Å². The minimum Gasteiger partial charge on any atom is -0.445 e. The number of likely N-dealkylation sites (tertiary alicyclic amines) is 1.